The monoisotopic (exact) mass is 796 g/mol. The normalized spacial score (nSPS) is 11.8. The fourth-order valence-electron chi connectivity index (χ4n) is 8.86. The highest BCUT2D eigenvalue weighted by molar-refractivity contribution is 6.12. The van der Waals surface area contributed by atoms with Gasteiger partial charge in [-0.1, -0.05) is 148 Å². The molecule has 6 heteroatoms. The third-order valence-electron chi connectivity index (χ3n) is 12.0. The lowest BCUT2D eigenvalue weighted by atomic mass is 9.86. The summed E-state index contributed by atoms with van der Waals surface area (Å²) in [6, 6.07) is 67.9. The van der Waals surface area contributed by atoms with Crippen LogP contribution in [0.4, 0.5) is 0 Å². The fraction of sp³-hybridized carbons (Fsp3) is 0.0714. The highest BCUT2D eigenvalue weighted by Gasteiger charge is 2.23. The van der Waals surface area contributed by atoms with Crippen molar-refractivity contribution in [2.75, 3.05) is 0 Å². The molecule has 0 aliphatic rings. The minimum absolute atomic E-state index is 0.0902. The molecule has 0 atom stereocenters. The van der Waals surface area contributed by atoms with Crippen molar-refractivity contribution in [3.63, 3.8) is 0 Å². The number of hydrogen-bond acceptors (Lipinski definition) is 4. The molecule has 62 heavy (non-hydrogen) atoms. The number of rotatable bonds is 6. The van der Waals surface area contributed by atoms with E-state index >= 15 is 0 Å². The van der Waals surface area contributed by atoms with Crippen LogP contribution in [0.15, 0.2) is 188 Å². The minimum Gasteiger partial charge on any atom is -0.308 e. The van der Waals surface area contributed by atoms with E-state index in [1.165, 1.54) is 5.56 Å². The van der Waals surface area contributed by atoms with Crippen molar-refractivity contribution in [2.24, 2.45) is 0 Å². The van der Waals surface area contributed by atoms with Crippen LogP contribution < -0.4 is 0 Å². The average molecular weight is 797 g/mol. The summed E-state index contributed by atoms with van der Waals surface area (Å²) in [5.74, 6) is 1.52. The van der Waals surface area contributed by atoms with Crippen LogP contribution in [0.5, 0.6) is 0 Å². The molecule has 0 aliphatic heterocycles. The Bertz CT molecular complexity index is 3420. The van der Waals surface area contributed by atoms with E-state index in [0.717, 1.165) is 82.7 Å². The number of benzene rings is 8. The summed E-state index contributed by atoms with van der Waals surface area (Å²) in [5, 5.41) is 14.9. The summed E-state index contributed by atoms with van der Waals surface area (Å²) in [7, 11) is 0. The molecular formula is C56H40N6. The van der Waals surface area contributed by atoms with Crippen LogP contribution in [0.2, 0.25) is 0 Å². The van der Waals surface area contributed by atoms with Gasteiger partial charge >= 0.3 is 0 Å². The van der Waals surface area contributed by atoms with E-state index in [4.69, 9.17) is 15.0 Å². The van der Waals surface area contributed by atoms with Gasteiger partial charge in [0.25, 0.3) is 0 Å². The van der Waals surface area contributed by atoms with Crippen molar-refractivity contribution in [1.29, 1.82) is 5.26 Å². The Kier molecular flexibility index (Phi) is 8.66. The lowest BCUT2D eigenvalue weighted by Crippen LogP contribution is -2.11. The summed E-state index contributed by atoms with van der Waals surface area (Å²) in [5.41, 5.74) is 12.7. The van der Waals surface area contributed by atoms with Crippen molar-refractivity contribution in [3.8, 4) is 62.7 Å². The zero-order chi connectivity index (χ0) is 42.0. The first-order valence-corrected chi connectivity index (χ1v) is 20.9. The van der Waals surface area contributed by atoms with Gasteiger partial charge in [0.1, 0.15) is 0 Å². The highest BCUT2D eigenvalue weighted by atomic mass is 15.2. The number of hydrogen-bond donors (Lipinski definition) is 0. The molecule has 0 spiro atoms. The first-order valence-electron chi connectivity index (χ1n) is 20.9. The molecule has 0 fully saturated rings. The number of aromatic nitrogens is 5. The summed E-state index contributed by atoms with van der Waals surface area (Å²) >= 11 is 0. The molecule has 0 saturated carbocycles. The van der Waals surface area contributed by atoms with Crippen LogP contribution in [0, 0.1) is 11.3 Å². The standard InChI is InChI=1S/C56H40N6/c1-56(2,3)42-20-14-19-41(32-42)53-58-54(60-55(59-53)62-48-23-12-10-21-43(48)44-22-11-13-24-49(44)62)47-31-36(35-57)25-28-52(47)61-50-29-26-39(37-15-6-4-7-16-37)33-45(50)46-34-40(27-30-51(46)61)38-17-8-5-9-18-38/h4-34H,1-3H3. The lowest BCUT2D eigenvalue weighted by molar-refractivity contribution is 0.590. The molecule has 6 nitrogen and oxygen atoms in total. The van der Waals surface area contributed by atoms with Gasteiger partial charge in [0.2, 0.25) is 5.95 Å². The van der Waals surface area contributed by atoms with Crippen LogP contribution >= 0.6 is 0 Å². The molecule has 0 bridgehead atoms. The SMILES string of the molecule is CC(C)(C)c1cccc(-c2nc(-c3cc(C#N)ccc3-n3c4ccc(-c5ccccc5)cc4c4cc(-c5ccccc5)ccc43)nc(-n3c4ccccc4c4ccccc43)n2)c1. The third kappa shape index (κ3) is 6.22. The van der Waals surface area contributed by atoms with Crippen LogP contribution in [0.3, 0.4) is 0 Å². The lowest BCUT2D eigenvalue weighted by Gasteiger charge is -2.20. The quantitative estimate of drug-likeness (QED) is 0.168. The average Bonchev–Trinajstić information content (AvgIpc) is 3.83. The van der Waals surface area contributed by atoms with Gasteiger partial charge in [0.15, 0.2) is 11.6 Å². The largest absolute Gasteiger partial charge is 0.308 e. The van der Waals surface area contributed by atoms with Crippen molar-refractivity contribution >= 4 is 43.6 Å². The molecular weight excluding hydrogens is 757 g/mol. The molecule has 0 N–H and O–H groups in total. The zero-order valence-electron chi connectivity index (χ0n) is 34.6. The molecule has 0 unspecified atom stereocenters. The van der Waals surface area contributed by atoms with Crippen LogP contribution in [-0.2, 0) is 5.41 Å². The van der Waals surface area contributed by atoms with Crippen molar-refractivity contribution < 1.29 is 0 Å². The topological polar surface area (TPSA) is 72.3 Å². The molecule has 0 radical (unpaired) electrons. The second-order valence-corrected chi connectivity index (χ2v) is 16.9. The number of para-hydroxylation sites is 2. The van der Waals surface area contributed by atoms with Gasteiger partial charge in [-0.3, -0.25) is 4.57 Å². The van der Waals surface area contributed by atoms with Crippen molar-refractivity contribution in [3.05, 3.63) is 199 Å². The summed E-state index contributed by atoms with van der Waals surface area (Å²) in [6.45, 7) is 6.64. The maximum Gasteiger partial charge on any atom is 0.238 e. The summed E-state index contributed by atoms with van der Waals surface area (Å²) < 4.78 is 4.44. The fourth-order valence-corrected chi connectivity index (χ4v) is 8.86. The van der Waals surface area contributed by atoms with E-state index in [-0.39, 0.29) is 5.41 Å². The zero-order valence-corrected chi connectivity index (χ0v) is 34.6. The molecule has 0 amide bonds. The van der Waals surface area contributed by atoms with Crippen LogP contribution in [0.1, 0.15) is 31.9 Å². The first-order chi connectivity index (χ1) is 30.3. The molecule has 8 aromatic carbocycles. The Morgan fingerprint density at radius 3 is 1.53 bits per heavy atom. The minimum atomic E-state index is -0.0902. The molecule has 0 aliphatic carbocycles. The highest BCUT2D eigenvalue weighted by Crippen LogP contribution is 2.40. The Morgan fingerprint density at radius 2 is 0.952 bits per heavy atom. The Morgan fingerprint density at radius 1 is 0.419 bits per heavy atom. The Labute approximate surface area is 359 Å². The van der Waals surface area contributed by atoms with E-state index in [1.54, 1.807) is 0 Å². The van der Waals surface area contributed by atoms with Crippen molar-refractivity contribution in [1.82, 2.24) is 24.1 Å². The van der Waals surface area contributed by atoms with Crippen LogP contribution in [0.25, 0.3) is 100 Å². The molecule has 0 saturated heterocycles. The van der Waals surface area contributed by atoms with Gasteiger partial charge in [-0.2, -0.15) is 15.2 Å². The van der Waals surface area contributed by atoms with Crippen LogP contribution in [-0.4, -0.2) is 24.1 Å². The summed E-state index contributed by atoms with van der Waals surface area (Å²) in [6.07, 6.45) is 0. The number of nitriles is 1. The third-order valence-corrected chi connectivity index (χ3v) is 12.0. The predicted molar refractivity (Wildman–Crippen MR) is 254 cm³/mol. The van der Waals surface area contributed by atoms with Gasteiger partial charge in [0, 0.05) is 32.7 Å². The first kappa shape index (κ1) is 36.9. The van der Waals surface area contributed by atoms with Gasteiger partial charge in [-0.25, -0.2) is 4.98 Å². The smallest absolute Gasteiger partial charge is 0.238 e. The Balaban J connectivity index is 1.21. The van der Waals surface area contributed by atoms with E-state index in [0.29, 0.717) is 23.2 Å². The van der Waals surface area contributed by atoms with Gasteiger partial charge in [0.05, 0.1) is 39.4 Å². The second kappa shape index (κ2) is 14.5. The molecule has 3 heterocycles. The maximum absolute atomic E-state index is 10.4. The molecule has 3 aromatic heterocycles. The number of nitrogens with zero attached hydrogens (tertiary/aromatic N) is 6. The van der Waals surface area contributed by atoms with Gasteiger partial charge in [-0.05, 0) is 93.9 Å². The molecule has 294 valence electrons. The van der Waals surface area contributed by atoms with Gasteiger partial charge < -0.3 is 4.57 Å². The second-order valence-electron chi connectivity index (χ2n) is 16.9. The molecule has 11 rings (SSSR count). The Hall–Kier alpha value is -8.14. The predicted octanol–water partition coefficient (Wildman–Crippen LogP) is 13.9. The summed E-state index contributed by atoms with van der Waals surface area (Å²) in [4.78, 5) is 16.0. The van der Waals surface area contributed by atoms with Crippen molar-refractivity contribution in [2.45, 2.75) is 26.2 Å². The van der Waals surface area contributed by atoms with E-state index in [1.807, 2.05) is 30.3 Å². The molecule has 11 aromatic rings. The van der Waals surface area contributed by atoms with E-state index < -0.39 is 0 Å². The maximum atomic E-state index is 10.4. The van der Waals surface area contributed by atoms with E-state index in [9.17, 15) is 5.26 Å². The van der Waals surface area contributed by atoms with Gasteiger partial charge in [-0.15, -0.1) is 0 Å². The number of fused-ring (bicyclic) bond motifs is 6. The van der Waals surface area contributed by atoms with E-state index in [2.05, 4.69) is 194 Å².